The van der Waals surface area contributed by atoms with Crippen molar-refractivity contribution >= 4 is 6.03 Å². The van der Waals surface area contributed by atoms with Gasteiger partial charge in [0.25, 0.3) is 0 Å². The lowest BCUT2D eigenvalue weighted by molar-refractivity contribution is 0.249. The standard InChI is InChI=1S/C5H13N3O/c1-2-7-3-4-8-5(6)9/h7H,2-4H2,1H3,(H3,6,8,9). The molecule has 0 bridgehead atoms. The lowest BCUT2D eigenvalue weighted by atomic mass is 10.6. The van der Waals surface area contributed by atoms with Crippen LogP contribution in [0.5, 0.6) is 0 Å². The Morgan fingerprint density at radius 2 is 2.22 bits per heavy atom. The van der Waals surface area contributed by atoms with Gasteiger partial charge in [-0.1, -0.05) is 6.92 Å². The fourth-order valence-electron chi connectivity index (χ4n) is 0.451. The Morgan fingerprint density at radius 3 is 2.67 bits per heavy atom. The van der Waals surface area contributed by atoms with E-state index in [9.17, 15) is 4.79 Å². The third kappa shape index (κ3) is 7.23. The summed E-state index contributed by atoms with van der Waals surface area (Å²) in [6, 6.07) is -0.465. The van der Waals surface area contributed by atoms with Gasteiger partial charge in [-0.15, -0.1) is 0 Å². The van der Waals surface area contributed by atoms with E-state index >= 15 is 0 Å². The van der Waals surface area contributed by atoms with Crippen LogP contribution in [0, 0.1) is 0 Å². The fourth-order valence-corrected chi connectivity index (χ4v) is 0.451. The fraction of sp³-hybridized carbons (Fsp3) is 0.800. The molecule has 0 saturated heterocycles. The molecule has 0 aromatic rings. The molecule has 4 heteroatoms. The molecule has 4 N–H and O–H groups in total. The lowest BCUT2D eigenvalue weighted by Crippen LogP contribution is -2.35. The zero-order valence-corrected chi connectivity index (χ0v) is 5.61. The number of nitrogens with one attached hydrogen (secondary N) is 2. The molecule has 0 rings (SSSR count). The first-order valence-corrected chi connectivity index (χ1v) is 3.01. The van der Waals surface area contributed by atoms with Crippen LogP contribution in [0.3, 0.4) is 0 Å². The highest BCUT2D eigenvalue weighted by Crippen LogP contribution is 1.57. The number of carbonyl (C=O) groups is 1. The summed E-state index contributed by atoms with van der Waals surface area (Å²) < 4.78 is 0. The van der Waals surface area contributed by atoms with Gasteiger partial charge in [-0.3, -0.25) is 0 Å². The molecule has 0 heterocycles. The second-order valence-corrected chi connectivity index (χ2v) is 1.64. The number of carbonyl (C=O) groups excluding carboxylic acids is 1. The molecule has 0 aromatic carbocycles. The van der Waals surface area contributed by atoms with Gasteiger partial charge in [-0.2, -0.15) is 0 Å². The van der Waals surface area contributed by atoms with Crippen molar-refractivity contribution in [1.29, 1.82) is 0 Å². The van der Waals surface area contributed by atoms with Gasteiger partial charge in [0.1, 0.15) is 0 Å². The molecule has 0 aromatic heterocycles. The predicted molar refractivity (Wildman–Crippen MR) is 36.1 cm³/mol. The summed E-state index contributed by atoms with van der Waals surface area (Å²) in [7, 11) is 0. The van der Waals surface area contributed by atoms with E-state index in [1.54, 1.807) is 0 Å². The SMILES string of the molecule is CCNCCNC(N)=O. The Bertz CT molecular complexity index is 84.3. The van der Waals surface area contributed by atoms with Crippen molar-refractivity contribution in [2.24, 2.45) is 5.73 Å². The van der Waals surface area contributed by atoms with Crippen LogP contribution in [-0.4, -0.2) is 25.7 Å². The molecule has 0 atom stereocenters. The minimum Gasteiger partial charge on any atom is -0.352 e. The van der Waals surface area contributed by atoms with Gasteiger partial charge in [0.05, 0.1) is 0 Å². The van der Waals surface area contributed by atoms with E-state index in [-0.39, 0.29) is 0 Å². The largest absolute Gasteiger partial charge is 0.352 e. The highest BCUT2D eigenvalue weighted by molar-refractivity contribution is 5.71. The van der Waals surface area contributed by atoms with E-state index in [2.05, 4.69) is 10.6 Å². The highest BCUT2D eigenvalue weighted by atomic mass is 16.2. The zero-order valence-electron chi connectivity index (χ0n) is 5.61. The topological polar surface area (TPSA) is 67.2 Å². The second kappa shape index (κ2) is 5.37. The molecule has 0 aliphatic rings. The minimum atomic E-state index is -0.465. The van der Waals surface area contributed by atoms with Crippen LogP contribution in [0.2, 0.25) is 0 Å². The Labute approximate surface area is 54.8 Å². The molecule has 0 radical (unpaired) electrons. The van der Waals surface area contributed by atoms with E-state index in [1.807, 2.05) is 6.92 Å². The molecular weight excluding hydrogens is 118 g/mol. The van der Waals surface area contributed by atoms with Gasteiger partial charge in [-0.05, 0) is 6.54 Å². The molecule has 0 aliphatic heterocycles. The number of hydrogen-bond donors (Lipinski definition) is 3. The molecule has 0 saturated carbocycles. The van der Waals surface area contributed by atoms with E-state index in [0.29, 0.717) is 6.54 Å². The molecule has 54 valence electrons. The van der Waals surface area contributed by atoms with Gasteiger partial charge in [0.2, 0.25) is 0 Å². The van der Waals surface area contributed by atoms with Crippen molar-refractivity contribution in [3.8, 4) is 0 Å². The maximum absolute atomic E-state index is 10.0. The van der Waals surface area contributed by atoms with E-state index in [0.717, 1.165) is 13.1 Å². The molecular formula is C5H13N3O. The molecule has 0 unspecified atom stereocenters. The Kier molecular flexibility index (Phi) is 4.91. The third-order valence-corrected chi connectivity index (χ3v) is 0.851. The quantitative estimate of drug-likeness (QED) is 0.440. The molecule has 4 nitrogen and oxygen atoms in total. The maximum atomic E-state index is 10.0. The first-order chi connectivity index (χ1) is 4.27. The number of primary amides is 1. The first kappa shape index (κ1) is 8.23. The summed E-state index contributed by atoms with van der Waals surface area (Å²) in [5.74, 6) is 0. The number of amides is 2. The van der Waals surface area contributed by atoms with E-state index < -0.39 is 6.03 Å². The maximum Gasteiger partial charge on any atom is 0.312 e. The number of hydrogen-bond acceptors (Lipinski definition) is 2. The summed E-state index contributed by atoms with van der Waals surface area (Å²) in [6.07, 6.45) is 0. The summed E-state index contributed by atoms with van der Waals surface area (Å²) in [5.41, 5.74) is 4.80. The first-order valence-electron chi connectivity index (χ1n) is 3.01. The van der Waals surface area contributed by atoms with Crippen molar-refractivity contribution in [1.82, 2.24) is 10.6 Å². The summed E-state index contributed by atoms with van der Waals surface area (Å²) >= 11 is 0. The summed E-state index contributed by atoms with van der Waals surface area (Å²) in [4.78, 5) is 10.0. The third-order valence-electron chi connectivity index (χ3n) is 0.851. The van der Waals surface area contributed by atoms with Crippen LogP contribution >= 0.6 is 0 Å². The Balaban J connectivity index is 2.83. The van der Waals surface area contributed by atoms with Crippen LogP contribution in [0.4, 0.5) is 4.79 Å². The van der Waals surface area contributed by atoms with Crippen LogP contribution in [-0.2, 0) is 0 Å². The van der Waals surface area contributed by atoms with Crippen LogP contribution in [0.25, 0.3) is 0 Å². The molecule has 0 fully saturated rings. The van der Waals surface area contributed by atoms with Crippen LogP contribution in [0.1, 0.15) is 6.92 Å². The lowest BCUT2D eigenvalue weighted by Gasteiger charge is -2.00. The molecule has 2 amide bonds. The smallest absolute Gasteiger partial charge is 0.312 e. The van der Waals surface area contributed by atoms with Crippen molar-refractivity contribution in [3.63, 3.8) is 0 Å². The van der Waals surface area contributed by atoms with E-state index in [1.165, 1.54) is 0 Å². The van der Waals surface area contributed by atoms with Gasteiger partial charge in [0.15, 0.2) is 0 Å². The predicted octanol–water partition coefficient (Wildman–Crippen LogP) is -0.736. The molecule has 0 aliphatic carbocycles. The van der Waals surface area contributed by atoms with Gasteiger partial charge >= 0.3 is 6.03 Å². The number of likely N-dealkylation sites (N-methyl/N-ethyl adjacent to an activating group) is 1. The van der Waals surface area contributed by atoms with Crippen LogP contribution < -0.4 is 16.4 Å². The van der Waals surface area contributed by atoms with Gasteiger partial charge < -0.3 is 16.4 Å². The number of urea groups is 1. The van der Waals surface area contributed by atoms with Crippen molar-refractivity contribution in [2.45, 2.75) is 6.92 Å². The average molecular weight is 131 g/mol. The second-order valence-electron chi connectivity index (χ2n) is 1.64. The van der Waals surface area contributed by atoms with Crippen molar-refractivity contribution in [2.75, 3.05) is 19.6 Å². The van der Waals surface area contributed by atoms with Crippen LogP contribution in [0.15, 0.2) is 0 Å². The minimum absolute atomic E-state index is 0.465. The summed E-state index contributed by atoms with van der Waals surface area (Å²) in [5, 5.41) is 5.49. The van der Waals surface area contributed by atoms with Gasteiger partial charge in [0, 0.05) is 13.1 Å². The Hall–Kier alpha value is -0.770. The normalized spacial score (nSPS) is 9.00. The number of rotatable bonds is 4. The monoisotopic (exact) mass is 131 g/mol. The van der Waals surface area contributed by atoms with Crippen molar-refractivity contribution < 1.29 is 4.79 Å². The molecule has 0 spiro atoms. The van der Waals surface area contributed by atoms with Gasteiger partial charge in [-0.25, -0.2) is 4.79 Å². The average Bonchev–Trinajstić information content (AvgIpc) is 1.80. The van der Waals surface area contributed by atoms with E-state index in [4.69, 9.17) is 5.73 Å². The Morgan fingerprint density at radius 1 is 1.56 bits per heavy atom. The van der Waals surface area contributed by atoms with Crippen molar-refractivity contribution in [3.05, 3.63) is 0 Å². The highest BCUT2D eigenvalue weighted by Gasteiger charge is 1.87. The number of nitrogens with two attached hydrogens (primary N) is 1. The molecule has 9 heavy (non-hydrogen) atoms. The zero-order chi connectivity index (χ0) is 7.11. The summed E-state index contributed by atoms with van der Waals surface area (Å²) in [6.45, 7) is 4.30.